The van der Waals surface area contributed by atoms with Crippen molar-refractivity contribution in [3.8, 4) is 5.75 Å². The first kappa shape index (κ1) is 18.4. The van der Waals surface area contributed by atoms with Crippen LogP contribution in [0.25, 0.3) is 0 Å². The second-order valence-corrected chi connectivity index (χ2v) is 8.73. The highest BCUT2D eigenvalue weighted by molar-refractivity contribution is 5.62. The van der Waals surface area contributed by atoms with Crippen LogP contribution < -0.4 is 10.5 Å². The van der Waals surface area contributed by atoms with Crippen LogP contribution in [-0.4, -0.2) is 30.1 Å². The van der Waals surface area contributed by atoms with Gasteiger partial charge in [0.2, 0.25) is 0 Å². The molecule has 4 rings (SSSR count). The van der Waals surface area contributed by atoms with Crippen LogP contribution in [0.15, 0.2) is 36.4 Å². The van der Waals surface area contributed by atoms with Gasteiger partial charge in [0.15, 0.2) is 0 Å². The average molecular weight is 365 g/mol. The fourth-order valence-corrected chi connectivity index (χ4v) is 4.82. The third-order valence-electron chi connectivity index (χ3n) is 7.02. The van der Waals surface area contributed by atoms with Crippen molar-refractivity contribution in [2.24, 2.45) is 0 Å². The maximum Gasteiger partial charge on any atom is 0.127 e. The Morgan fingerprint density at radius 2 is 1.78 bits per heavy atom. The summed E-state index contributed by atoms with van der Waals surface area (Å²) in [5, 5.41) is 0. The van der Waals surface area contributed by atoms with Crippen molar-refractivity contribution in [3.63, 3.8) is 0 Å². The van der Waals surface area contributed by atoms with E-state index in [2.05, 4.69) is 69.0 Å². The molecule has 2 aromatic carbocycles. The smallest absolute Gasteiger partial charge is 0.127 e. The molecular formula is C24H32N2O. The quantitative estimate of drug-likeness (QED) is 0.777. The number of anilines is 1. The van der Waals surface area contributed by atoms with Gasteiger partial charge in [-0.05, 0) is 75.4 Å². The van der Waals surface area contributed by atoms with Crippen molar-refractivity contribution in [1.29, 1.82) is 0 Å². The Morgan fingerprint density at radius 3 is 2.44 bits per heavy atom. The molecule has 1 saturated heterocycles. The van der Waals surface area contributed by atoms with Crippen LogP contribution in [0, 0.1) is 13.8 Å². The van der Waals surface area contributed by atoms with E-state index in [1.807, 2.05) is 0 Å². The van der Waals surface area contributed by atoms with Crippen LogP contribution in [-0.2, 0) is 0 Å². The maximum absolute atomic E-state index is 6.59. The van der Waals surface area contributed by atoms with Crippen LogP contribution in [0.2, 0.25) is 0 Å². The number of rotatable bonds is 3. The van der Waals surface area contributed by atoms with E-state index in [1.54, 1.807) is 0 Å². The second kappa shape index (κ2) is 6.87. The Balaban J connectivity index is 1.45. The topological polar surface area (TPSA) is 38.5 Å². The van der Waals surface area contributed by atoms with Gasteiger partial charge in [-0.3, -0.25) is 4.90 Å². The molecule has 0 saturated carbocycles. The minimum Gasteiger partial charge on any atom is -0.485 e. The fourth-order valence-electron chi connectivity index (χ4n) is 4.82. The minimum atomic E-state index is -0.188. The number of fused-ring (bicyclic) bond motifs is 1. The molecule has 2 aromatic rings. The van der Waals surface area contributed by atoms with E-state index in [0.29, 0.717) is 11.8 Å². The summed E-state index contributed by atoms with van der Waals surface area (Å²) in [5.74, 6) is 2.11. The number of nitrogens with zero attached hydrogens (tertiary/aromatic N) is 1. The molecule has 0 bridgehead atoms. The Kier molecular flexibility index (Phi) is 4.67. The van der Waals surface area contributed by atoms with Crippen LogP contribution in [0.4, 0.5) is 5.69 Å². The van der Waals surface area contributed by atoms with Crippen molar-refractivity contribution in [3.05, 3.63) is 58.7 Å². The van der Waals surface area contributed by atoms with Gasteiger partial charge >= 0.3 is 0 Å². The first-order valence-electron chi connectivity index (χ1n) is 10.2. The molecule has 0 radical (unpaired) electrons. The zero-order valence-electron chi connectivity index (χ0n) is 17.1. The minimum absolute atomic E-state index is 0.188. The third kappa shape index (κ3) is 3.23. The molecule has 0 aromatic heterocycles. The summed E-state index contributed by atoms with van der Waals surface area (Å²) in [6.07, 6.45) is 2.46. The van der Waals surface area contributed by atoms with Crippen LogP contribution in [0.1, 0.15) is 60.8 Å². The lowest BCUT2D eigenvalue weighted by Gasteiger charge is -2.39. The summed E-state index contributed by atoms with van der Waals surface area (Å²) in [5.41, 5.74) is 12.0. The monoisotopic (exact) mass is 364 g/mol. The van der Waals surface area contributed by atoms with Gasteiger partial charge in [-0.1, -0.05) is 37.3 Å². The van der Waals surface area contributed by atoms with Gasteiger partial charge in [-0.15, -0.1) is 0 Å². The van der Waals surface area contributed by atoms with Crippen LogP contribution in [0.5, 0.6) is 5.75 Å². The van der Waals surface area contributed by atoms with Gasteiger partial charge in [-0.25, -0.2) is 0 Å². The Bertz CT molecular complexity index is 824. The predicted octanol–water partition coefficient (Wildman–Crippen LogP) is 5.02. The summed E-state index contributed by atoms with van der Waals surface area (Å²) in [4.78, 5) is 2.59. The zero-order valence-corrected chi connectivity index (χ0v) is 17.1. The average Bonchev–Trinajstić information content (AvgIpc) is 2.92. The van der Waals surface area contributed by atoms with E-state index in [4.69, 9.17) is 10.5 Å². The van der Waals surface area contributed by atoms with E-state index in [1.165, 1.54) is 29.5 Å². The van der Waals surface area contributed by atoms with Gasteiger partial charge in [0, 0.05) is 23.7 Å². The molecule has 0 amide bonds. The third-order valence-corrected chi connectivity index (χ3v) is 7.02. The summed E-state index contributed by atoms with van der Waals surface area (Å²) >= 11 is 0. The van der Waals surface area contributed by atoms with Crippen LogP contribution in [0.3, 0.4) is 0 Å². The van der Waals surface area contributed by atoms with Gasteiger partial charge in [0.1, 0.15) is 11.4 Å². The van der Waals surface area contributed by atoms with E-state index < -0.39 is 0 Å². The summed E-state index contributed by atoms with van der Waals surface area (Å²) in [7, 11) is 0. The number of nitrogens with two attached hydrogens (primary N) is 1. The van der Waals surface area contributed by atoms with Gasteiger partial charge in [0.25, 0.3) is 0 Å². The highest BCUT2D eigenvalue weighted by atomic mass is 16.5. The molecule has 2 N–H and O–H groups in total. The molecule has 2 aliphatic rings. The van der Waals surface area contributed by atoms with Crippen LogP contribution >= 0.6 is 0 Å². The summed E-state index contributed by atoms with van der Waals surface area (Å²) in [6.45, 7) is 12.0. The number of ether oxygens (including phenoxy) is 1. The highest BCUT2D eigenvalue weighted by Crippen LogP contribution is 2.48. The van der Waals surface area contributed by atoms with Crippen molar-refractivity contribution in [1.82, 2.24) is 4.90 Å². The number of piperidine rings is 1. The normalized spacial score (nSPS) is 26.0. The molecule has 27 heavy (non-hydrogen) atoms. The molecule has 1 fully saturated rings. The van der Waals surface area contributed by atoms with E-state index >= 15 is 0 Å². The molecule has 2 aliphatic heterocycles. The van der Waals surface area contributed by atoms with Gasteiger partial charge < -0.3 is 10.5 Å². The van der Waals surface area contributed by atoms with E-state index in [0.717, 1.165) is 36.6 Å². The Labute approximate surface area is 163 Å². The molecule has 2 atom stereocenters. The zero-order chi connectivity index (χ0) is 19.2. The SMILES string of the molecule is Cc1c(N)cc2c(c1C)OC(C)(CN1CCC(c3ccccc3)CC1)C2C. The van der Waals surface area contributed by atoms with Crippen molar-refractivity contribution in [2.75, 3.05) is 25.4 Å². The number of hydrogen-bond acceptors (Lipinski definition) is 3. The first-order valence-corrected chi connectivity index (χ1v) is 10.2. The van der Waals surface area contributed by atoms with Crippen molar-refractivity contribution < 1.29 is 4.74 Å². The van der Waals surface area contributed by atoms with E-state index in [-0.39, 0.29) is 5.60 Å². The number of benzene rings is 2. The number of likely N-dealkylation sites (tertiary alicyclic amines) is 1. The Morgan fingerprint density at radius 1 is 1.11 bits per heavy atom. The molecule has 3 heteroatoms. The van der Waals surface area contributed by atoms with Crippen molar-refractivity contribution in [2.45, 2.75) is 58.0 Å². The highest BCUT2D eigenvalue weighted by Gasteiger charge is 2.44. The van der Waals surface area contributed by atoms with E-state index in [9.17, 15) is 0 Å². The molecule has 3 nitrogen and oxygen atoms in total. The summed E-state index contributed by atoms with van der Waals surface area (Å²) in [6, 6.07) is 13.1. The first-order chi connectivity index (χ1) is 12.9. The lowest BCUT2D eigenvalue weighted by atomic mass is 9.84. The lowest BCUT2D eigenvalue weighted by molar-refractivity contribution is 0.0368. The molecule has 2 heterocycles. The van der Waals surface area contributed by atoms with Crippen molar-refractivity contribution >= 4 is 5.69 Å². The number of hydrogen-bond donors (Lipinski definition) is 1. The molecule has 144 valence electrons. The molecular weight excluding hydrogens is 332 g/mol. The molecule has 0 spiro atoms. The lowest BCUT2D eigenvalue weighted by Crippen LogP contribution is -2.48. The molecule has 0 aliphatic carbocycles. The van der Waals surface area contributed by atoms with Gasteiger partial charge in [-0.2, -0.15) is 0 Å². The fraction of sp³-hybridized carbons (Fsp3) is 0.500. The number of nitrogen functional groups attached to an aromatic ring is 1. The summed E-state index contributed by atoms with van der Waals surface area (Å²) < 4.78 is 6.59. The Hall–Kier alpha value is -2.00. The second-order valence-electron chi connectivity index (χ2n) is 8.73. The standard InChI is InChI=1S/C24H32N2O/c1-16-17(2)23-21(14-22(16)25)18(3)24(4,27-23)15-26-12-10-20(11-13-26)19-8-6-5-7-9-19/h5-9,14,18,20H,10-13,15,25H2,1-4H3. The predicted molar refractivity (Wildman–Crippen MR) is 113 cm³/mol. The molecule has 2 unspecified atom stereocenters. The largest absolute Gasteiger partial charge is 0.485 e. The maximum atomic E-state index is 6.59. The van der Waals surface area contributed by atoms with Gasteiger partial charge in [0.05, 0.1) is 0 Å².